The second-order valence-electron chi connectivity index (χ2n) is 3.35. The zero-order chi connectivity index (χ0) is 10.8. The van der Waals surface area contributed by atoms with Gasteiger partial charge in [-0.1, -0.05) is 0 Å². The van der Waals surface area contributed by atoms with E-state index in [1.54, 1.807) is 6.07 Å². The molecule has 15 heavy (non-hydrogen) atoms. The molecule has 0 atom stereocenters. The molecule has 80 valence electrons. The molecule has 0 unspecified atom stereocenters. The Kier molecular flexibility index (Phi) is 2.68. The van der Waals surface area contributed by atoms with Gasteiger partial charge in [-0.3, -0.25) is 0 Å². The van der Waals surface area contributed by atoms with Gasteiger partial charge in [-0.25, -0.2) is 4.39 Å². The molecule has 1 heterocycles. The number of fused-ring (bicyclic) bond motifs is 1. The second kappa shape index (κ2) is 3.98. The Bertz CT molecular complexity index is 479. The predicted octanol–water partition coefficient (Wildman–Crippen LogP) is 2.47. The second-order valence-corrected chi connectivity index (χ2v) is 3.35. The Balaban J connectivity index is 2.47. The summed E-state index contributed by atoms with van der Waals surface area (Å²) in [7, 11) is 1.84. The van der Waals surface area contributed by atoms with Gasteiger partial charge in [0, 0.05) is 5.39 Å². The van der Waals surface area contributed by atoms with Crippen molar-refractivity contribution in [1.82, 2.24) is 5.32 Å². The maximum absolute atomic E-state index is 13.2. The van der Waals surface area contributed by atoms with E-state index in [9.17, 15) is 8.78 Å². The fraction of sp³-hybridized carbons (Fsp3) is 0.273. The lowest BCUT2D eigenvalue weighted by molar-refractivity contribution is 0.491. The van der Waals surface area contributed by atoms with E-state index in [-0.39, 0.29) is 5.58 Å². The molecule has 0 amide bonds. The molecule has 0 aliphatic heterocycles. The van der Waals surface area contributed by atoms with Crippen LogP contribution in [0.4, 0.5) is 8.78 Å². The molecule has 0 bridgehead atoms. The minimum absolute atomic E-state index is 0.00102. The Hall–Kier alpha value is -1.42. The fourth-order valence-electron chi connectivity index (χ4n) is 1.55. The summed E-state index contributed by atoms with van der Waals surface area (Å²) in [4.78, 5) is 0. The normalized spacial score (nSPS) is 11.1. The minimum atomic E-state index is -0.914. The van der Waals surface area contributed by atoms with Crippen LogP contribution in [0.25, 0.3) is 11.0 Å². The molecule has 0 saturated heterocycles. The average Bonchev–Trinajstić information content (AvgIpc) is 2.64. The van der Waals surface area contributed by atoms with E-state index in [2.05, 4.69) is 5.32 Å². The molecule has 2 rings (SSSR count). The van der Waals surface area contributed by atoms with Crippen molar-refractivity contribution in [1.29, 1.82) is 0 Å². The summed E-state index contributed by atoms with van der Waals surface area (Å²) in [5, 5.41) is 3.63. The van der Waals surface area contributed by atoms with Crippen LogP contribution >= 0.6 is 0 Å². The van der Waals surface area contributed by atoms with E-state index in [0.29, 0.717) is 5.39 Å². The highest BCUT2D eigenvalue weighted by atomic mass is 19.2. The van der Waals surface area contributed by atoms with E-state index < -0.39 is 11.6 Å². The van der Waals surface area contributed by atoms with Gasteiger partial charge < -0.3 is 9.73 Å². The van der Waals surface area contributed by atoms with Crippen molar-refractivity contribution in [2.75, 3.05) is 13.6 Å². The number of hydrogen-bond donors (Lipinski definition) is 1. The van der Waals surface area contributed by atoms with E-state index in [1.165, 1.54) is 6.26 Å². The summed E-state index contributed by atoms with van der Waals surface area (Å²) < 4.78 is 31.1. The van der Waals surface area contributed by atoms with Crippen molar-refractivity contribution in [2.24, 2.45) is 0 Å². The molecule has 1 N–H and O–H groups in total. The maximum Gasteiger partial charge on any atom is 0.201 e. The predicted molar refractivity (Wildman–Crippen MR) is 53.8 cm³/mol. The Labute approximate surface area is 85.9 Å². The molecule has 0 spiro atoms. The molecular formula is C11H11F2NO. The maximum atomic E-state index is 13.2. The van der Waals surface area contributed by atoms with Crippen LogP contribution in [0, 0.1) is 11.6 Å². The van der Waals surface area contributed by atoms with Crippen LogP contribution in [0.2, 0.25) is 0 Å². The number of halogens is 2. The molecule has 0 saturated carbocycles. The first kappa shape index (κ1) is 10.1. The number of hydrogen-bond acceptors (Lipinski definition) is 2. The highest BCUT2D eigenvalue weighted by Gasteiger charge is 2.13. The average molecular weight is 211 g/mol. The smallest absolute Gasteiger partial charge is 0.201 e. The monoisotopic (exact) mass is 211 g/mol. The van der Waals surface area contributed by atoms with Crippen LogP contribution in [-0.4, -0.2) is 13.6 Å². The Morgan fingerprint density at radius 3 is 2.87 bits per heavy atom. The van der Waals surface area contributed by atoms with Crippen molar-refractivity contribution < 1.29 is 13.2 Å². The number of nitrogens with one attached hydrogen (secondary N) is 1. The number of benzene rings is 1. The van der Waals surface area contributed by atoms with Crippen LogP contribution in [0.15, 0.2) is 22.8 Å². The van der Waals surface area contributed by atoms with Gasteiger partial charge in [-0.05, 0) is 37.7 Å². The van der Waals surface area contributed by atoms with Crippen molar-refractivity contribution in [3.8, 4) is 0 Å². The largest absolute Gasteiger partial charge is 0.461 e. The quantitative estimate of drug-likeness (QED) is 0.843. The number of rotatable bonds is 3. The lowest BCUT2D eigenvalue weighted by atomic mass is 10.1. The van der Waals surface area contributed by atoms with Gasteiger partial charge in [0.15, 0.2) is 11.4 Å². The number of likely N-dealkylation sites (N-methyl/N-ethyl adjacent to an activating group) is 1. The molecule has 2 nitrogen and oxygen atoms in total. The highest BCUT2D eigenvalue weighted by Crippen LogP contribution is 2.25. The van der Waals surface area contributed by atoms with Crippen molar-refractivity contribution in [3.63, 3.8) is 0 Å². The van der Waals surface area contributed by atoms with Gasteiger partial charge in [-0.15, -0.1) is 0 Å². The molecule has 1 aromatic heterocycles. The Morgan fingerprint density at radius 1 is 1.33 bits per heavy atom. The lowest BCUT2D eigenvalue weighted by Crippen LogP contribution is -2.09. The van der Waals surface area contributed by atoms with Crippen LogP contribution in [-0.2, 0) is 6.42 Å². The summed E-state index contributed by atoms with van der Waals surface area (Å²) in [6, 6.07) is 2.66. The third-order valence-corrected chi connectivity index (χ3v) is 2.36. The molecule has 0 aliphatic carbocycles. The van der Waals surface area contributed by atoms with Gasteiger partial charge in [0.25, 0.3) is 0 Å². The van der Waals surface area contributed by atoms with E-state index in [0.717, 1.165) is 24.6 Å². The van der Waals surface area contributed by atoms with E-state index in [1.807, 2.05) is 7.05 Å². The zero-order valence-electron chi connectivity index (χ0n) is 8.31. The van der Waals surface area contributed by atoms with Crippen molar-refractivity contribution in [3.05, 3.63) is 35.6 Å². The SMILES string of the molecule is CNCCc1coc2c(F)c(F)ccc12. The first-order valence-corrected chi connectivity index (χ1v) is 4.72. The summed E-state index contributed by atoms with van der Waals surface area (Å²) in [6.07, 6.45) is 2.21. The topological polar surface area (TPSA) is 25.2 Å². The van der Waals surface area contributed by atoms with E-state index >= 15 is 0 Å². The van der Waals surface area contributed by atoms with Gasteiger partial charge in [0.05, 0.1) is 6.26 Å². The van der Waals surface area contributed by atoms with Crippen LogP contribution in [0.3, 0.4) is 0 Å². The zero-order valence-corrected chi connectivity index (χ0v) is 8.31. The number of furan rings is 1. The first-order valence-electron chi connectivity index (χ1n) is 4.72. The molecular weight excluding hydrogens is 200 g/mol. The minimum Gasteiger partial charge on any atom is -0.461 e. The molecule has 0 fully saturated rings. The summed E-state index contributed by atoms with van der Waals surface area (Å²) in [5.41, 5.74) is 0.888. The fourth-order valence-corrected chi connectivity index (χ4v) is 1.55. The summed E-state index contributed by atoms with van der Waals surface area (Å²) in [5.74, 6) is -1.79. The highest BCUT2D eigenvalue weighted by molar-refractivity contribution is 5.81. The lowest BCUT2D eigenvalue weighted by Gasteiger charge is -1.97. The molecule has 1 aromatic carbocycles. The Morgan fingerprint density at radius 2 is 2.13 bits per heavy atom. The summed E-state index contributed by atoms with van der Waals surface area (Å²) in [6.45, 7) is 0.771. The van der Waals surface area contributed by atoms with Crippen LogP contribution in [0.1, 0.15) is 5.56 Å². The standard InChI is InChI=1S/C11H11F2NO/c1-14-5-4-7-6-15-11-8(7)2-3-9(12)10(11)13/h2-3,6,14H,4-5H2,1H3. The molecule has 0 aliphatic rings. The van der Waals surface area contributed by atoms with Crippen LogP contribution in [0.5, 0.6) is 0 Å². The van der Waals surface area contributed by atoms with E-state index in [4.69, 9.17) is 4.42 Å². The third-order valence-electron chi connectivity index (χ3n) is 2.36. The molecule has 2 aromatic rings. The summed E-state index contributed by atoms with van der Waals surface area (Å²) >= 11 is 0. The van der Waals surface area contributed by atoms with Gasteiger partial charge >= 0.3 is 0 Å². The first-order chi connectivity index (χ1) is 7.24. The van der Waals surface area contributed by atoms with Crippen molar-refractivity contribution in [2.45, 2.75) is 6.42 Å². The molecule has 0 radical (unpaired) electrons. The van der Waals surface area contributed by atoms with Gasteiger partial charge in [0.1, 0.15) is 0 Å². The van der Waals surface area contributed by atoms with Gasteiger partial charge in [0.2, 0.25) is 5.82 Å². The van der Waals surface area contributed by atoms with Crippen LogP contribution < -0.4 is 5.32 Å². The third kappa shape index (κ3) is 1.72. The molecule has 4 heteroatoms. The van der Waals surface area contributed by atoms with Gasteiger partial charge in [-0.2, -0.15) is 4.39 Å². The van der Waals surface area contributed by atoms with Crippen molar-refractivity contribution >= 4 is 11.0 Å².